The van der Waals surface area contributed by atoms with E-state index in [0.29, 0.717) is 11.1 Å². The summed E-state index contributed by atoms with van der Waals surface area (Å²) < 4.78 is 56.2. The van der Waals surface area contributed by atoms with Crippen LogP contribution in [0.5, 0.6) is 0 Å². The first-order valence-corrected chi connectivity index (χ1v) is 16.2. The molecule has 0 saturated heterocycles. The number of nitrogens with zero attached hydrogens (tertiary/aromatic N) is 2. The summed E-state index contributed by atoms with van der Waals surface area (Å²) in [5.74, 6) is -1.81. The van der Waals surface area contributed by atoms with Crippen LogP contribution in [-0.2, 0) is 53.3 Å². The average Bonchev–Trinajstić information content (AvgIpc) is 2.89. The van der Waals surface area contributed by atoms with Crippen LogP contribution in [-0.4, -0.2) is 72.0 Å². The minimum Gasteiger partial charge on any atom is -0.464 e. The van der Waals surface area contributed by atoms with Gasteiger partial charge in [0.2, 0.25) is 10.1 Å². The zero-order valence-corrected chi connectivity index (χ0v) is 23.9. The van der Waals surface area contributed by atoms with Crippen LogP contribution >= 0.6 is 23.5 Å². The van der Waals surface area contributed by atoms with Crippen LogP contribution in [0.2, 0.25) is 0 Å². The van der Waals surface area contributed by atoms with Crippen LogP contribution in [0.4, 0.5) is 0 Å². The molecule has 0 spiro atoms. The number of hydrogen-bond acceptors (Lipinski definition) is 13. The summed E-state index contributed by atoms with van der Waals surface area (Å²) in [4.78, 5) is 24.1. The molecule has 0 radical (unpaired) electrons. The molecule has 2 aromatic rings. The number of oxime groups is 2. The molecule has 0 N–H and O–H groups in total. The molecular formula is C23H26N2O9S4. The van der Waals surface area contributed by atoms with E-state index >= 15 is 0 Å². The van der Waals surface area contributed by atoms with E-state index in [1.807, 2.05) is 6.07 Å². The summed E-state index contributed by atoms with van der Waals surface area (Å²) in [6.45, 7) is 0. The lowest BCUT2D eigenvalue weighted by molar-refractivity contribution is -0.133. The van der Waals surface area contributed by atoms with Gasteiger partial charge in [0.15, 0.2) is 0 Å². The van der Waals surface area contributed by atoms with Crippen LogP contribution in [0.15, 0.2) is 71.0 Å². The van der Waals surface area contributed by atoms with Gasteiger partial charge in [0, 0.05) is 23.1 Å². The molecule has 0 saturated carbocycles. The van der Waals surface area contributed by atoms with Crippen LogP contribution < -0.4 is 0 Å². The lowest BCUT2D eigenvalue weighted by atomic mass is 10.2. The fourth-order valence-corrected chi connectivity index (χ4v) is 5.99. The van der Waals surface area contributed by atoms with Crippen molar-refractivity contribution in [3.05, 3.63) is 71.8 Å². The molecule has 0 fully saturated rings. The largest absolute Gasteiger partial charge is 0.464 e. The van der Waals surface area contributed by atoms with Crippen molar-refractivity contribution in [3.8, 4) is 0 Å². The molecule has 0 amide bonds. The number of carbonyl (C=O) groups excluding carboxylic acids is 2. The Morgan fingerprint density at radius 1 is 0.789 bits per heavy atom. The minimum absolute atomic E-state index is 0.161. The topological polar surface area (TPSA) is 147 Å². The van der Waals surface area contributed by atoms with Crippen LogP contribution in [0.25, 0.3) is 0 Å². The Balaban J connectivity index is 2.01. The minimum atomic E-state index is -4.12. The van der Waals surface area contributed by atoms with Crippen molar-refractivity contribution in [2.75, 3.05) is 32.0 Å². The Bertz CT molecular complexity index is 1370. The van der Waals surface area contributed by atoms with E-state index in [4.69, 9.17) is 4.28 Å². The number of esters is 2. The second-order valence-electron chi connectivity index (χ2n) is 7.17. The number of methoxy groups -OCH3 is 2. The van der Waals surface area contributed by atoms with Gasteiger partial charge in [-0.05, 0) is 11.1 Å². The molecular weight excluding hydrogens is 577 g/mol. The maximum absolute atomic E-state index is 12.7. The highest BCUT2D eigenvalue weighted by Crippen LogP contribution is 2.15. The predicted molar refractivity (Wildman–Crippen MR) is 151 cm³/mol. The molecule has 38 heavy (non-hydrogen) atoms. The molecule has 206 valence electrons. The Hall–Kier alpha value is -3.01. The summed E-state index contributed by atoms with van der Waals surface area (Å²) in [6, 6.07) is 17.1. The average molecular weight is 603 g/mol. The number of rotatable bonds is 10. The van der Waals surface area contributed by atoms with Crippen molar-refractivity contribution in [3.63, 3.8) is 0 Å². The molecule has 0 aliphatic heterocycles. The normalized spacial score (nSPS) is 13.7. The Morgan fingerprint density at radius 3 is 1.76 bits per heavy atom. The maximum Gasteiger partial charge on any atom is 0.366 e. The quantitative estimate of drug-likeness (QED) is 0.0987. The summed E-state index contributed by atoms with van der Waals surface area (Å²) in [5, 5.41) is 8.00. The van der Waals surface area contributed by atoms with Crippen LogP contribution in [0.3, 0.4) is 0 Å². The van der Waals surface area contributed by atoms with Gasteiger partial charge in [-0.2, -0.15) is 8.42 Å². The van der Waals surface area contributed by atoms with Gasteiger partial charge in [0.1, 0.15) is 15.6 Å². The van der Waals surface area contributed by atoms with E-state index in [0.717, 1.165) is 37.7 Å². The molecule has 2 rings (SSSR count). The van der Waals surface area contributed by atoms with Gasteiger partial charge < -0.3 is 13.8 Å². The number of ether oxygens (including phenoxy) is 2. The first-order valence-electron chi connectivity index (χ1n) is 10.7. The van der Waals surface area contributed by atoms with E-state index in [1.165, 1.54) is 11.6 Å². The van der Waals surface area contributed by atoms with Gasteiger partial charge in [-0.25, -0.2) is 13.8 Å². The number of thioether (sulfide) groups is 2. The number of benzene rings is 2. The van der Waals surface area contributed by atoms with E-state index < -0.39 is 37.6 Å². The molecule has 1 atom stereocenters. The van der Waals surface area contributed by atoms with Crippen molar-refractivity contribution in [1.82, 2.24) is 0 Å². The van der Waals surface area contributed by atoms with Crippen molar-refractivity contribution >= 4 is 70.8 Å². The predicted octanol–water partition coefficient (Wildman–Crippen LogP) is 2.67. The summed E-state index contributed by atoms with van der Waals surface area (Å²) in [7, 11) is -4.87. The summed E-state index contributed by atoms with van der Waals surface area (Å²) >= 11 is 1.75. The van der Waals surface area contributed by atoms with Crippen molar-refractivity contribution in [2.24, 2.45) is 10.3 Å². The third-order valence-corrected chi connectivity index (χ3v) is 8.28. The number of hydrogen-bond donors (Lipinski definition) is 0. The van der Waals surface area contributed by atoms with Crippen molar-refractivity contribution < 1.29 is 40.3 Å². The second kappa shape index (κ2) is 15.4. The van der Waals surface area contributed by atoms with Crippen molar-refractivity contribution in [2.45, 2.75) is 5.75 Å². The first kappa shape index (κ1) is 31.2. The van der Waals surface area contributed by atoms with E-state index in [1.54, 1.807) is 54.6 Å². The van der Waals surface area contributed by atoms with Gasteiger partial charge in [-0.15, -0.1) is 0 Å². The third-order valence-electron chi connectivity index (χ3n) is 4.12. The fraction of sp³-hybridized carbons (Fsp3) is 0.261. The molecule has 1 unspecified atom stereocenters. The van der Waals surface area contributed by atoms with Gasteiger partial charge in [-0.1, -0.05) is 94.5 Å². The van der Waals surface area contributed by atoms with Crippen LogP contribution in [0, 0.1) is 0 Å². The maximum atomic E-state index is 12.7. The lowest BCUT2D eigenvalue weighted by Crippen LogP contribution is -2.17. The summed E-state index contributed by atoms with van der Waals surface area (Å²) in [6.07, 6.45) is 1.32. The Kier molecular flexibility index (Phi) is 12.7. The van der Waals surface area contributed by atoms with Crippen LogP contribution in [0.1, 0.15) is 11.1 Å². The molecule has 0 aliphatic carbocycles. The highest BCUT2D eigenvalue weighted by atomic mass is 32.2. The Morgan fingerprint density at radius 2 is 1.26 bits per heavy atom. The molecule has 15 heteroatoms. The molecule has 0 aromatic heterocycles. The molecule has 0 bridgehead atoms. The zero-order valence-electron chi connectivity index (χ0n) is 20.7. The molecule has 0 aliphatic rings. The second-order valence-corrected chi connectivity index (χ2v) is 12.9. The Labute approximate surface area is 230 Å². The van der Waals surface area contributed by atoms with Gasteiger partial charge in [0.05, 0.1) is 14.2 Å². The smallest absolute Gasteiger partial charge is 0.366 e. The van der Waals surface area contributed by atoms with Gasteiger partial charge >= 0.3 is 22.1 Å². The van der Waals surface area contributed by atoms with Gasteiger partial charge in [-0.3, -0.25) is 4.28 Å². The van der Waals surface area contributed by atoms with E-state index in [2.05, 4.69) is 24.1 Å². The monoisotopic (exact) mass is 602 g/mol. The fourth-order valence-electron chi connectivity index (χ4n) is 2.50. The highest BCUT2D eigenvalue weighted by molar-refractivity contribution is 8.18. The molecule has 0 heterocycles. The zero-order chi connectivity index (χ0) is 28.0. The standard InChI is InChI=1S/C23H26N2O9S4/c1-31-22(26)20(24-33-37(3,28)16-18-10-6-4-7-11-18)35-14-15-36-21(23(27)32-2)25-34-38(29,30)17-19-12-8-5-9-13-19/h4-13,16H,14-15,17H2,1-3H3. The molecule has 2 aromatic carbocycles. The van der Waals surface area contributed by atoms with Gasteiger partial charge in [0.25, 0.3) is 0 Å². The third kappa shape index (κ3) is 11.6. The SMILES string of the molecule is COC(=O)C(=NOS(=O)(=O)Cc1ccccc1)SCCSC(=NOS(C)(=O)=Cc1ccccc1)C(=O)OC. The first-order chi connectivity index (χ1) is 18.0. The number of carbonyl (C=O) groups is 2. The van der Waals surface area contributed by atoms with Crippen molar-refractivity contribution in [1.29, 1.82) is 0 Å². The van der Waals surface area contributed by atoms with E-state index in [9.17, 15) is 22.2 Å². The molecule has 11 nitrogen and oxygen atoms in total. The van der Waals surface area contributed by atoms with E-state index in [-0.39, 0.29) is 21.6 Å². The lowest BCUT2D eigenvalue weighted by Gasteiger charge is -2.07. The summed E-state index contributed by atoms with van der Waals surface area (Å²) in [5.41, 5.74) is 1.14. The highest BCUT2D eigenvalue weighted by Gasteiger charge is 2.20.